The zero-order valence-corrected chi connectivity index (χ0v) is 20.2. The molecule has 190 valence electrons. The van der Waals surface area contributed by atoms with Crippen molar-refractivity contribution < 1.29 is 35.9 Å². The summed E-state index contributed by atoms with van der Waals surface area (Å²) in [6.07, 6.45) is -0.344. The van der Waals surface area contributed by atoms with Crippen LogP contribution in [-0.2, 0) is 26.7 Å². The van der Waals surface area contributed by atoms with Crippen molar-refractivity contribution in [2.45, 2.75) is 68.2 Å². The molecule has 1 amide bonds. The van der Waals surface area contributed by atoms with E-state index in [2.05, 4.69) is 14.8 Å². The van der Waals surface area contributed by atoms with Gasteiger partial charge in [-0.1, -0.05) is 19.3 Å². The SMILES string of the molecule is COc1ccc(OC(F)(F)F)cc1CC1(C)C(=O)Nc2ccc(S(=O)(=O)NC3CCCCC3)cc21. The quantitative estimate of drug-likeness (QED) is 0.563. The number of halogens is 3. The lowest BCUT2D eigenvalue weighted by atomic mass is 9.78. The van der Waals surface area contributed by atoms with E-state index in [4.69, 9.17) is 4.74 Å². The van der Waals surface area contributed by atoms with E-state index in [1.54, 1.807) is 6.92 Å². The highest BCUT2D eigenvalue weighted by Gasteiger charge is 2.44. The summed E-state index contributed by atoms with van der Waals surface area (Å²) in [4.78, 5) is 13.1. The lowest BCUT2D eigenvalue weighted by molar-refractivity contribution is -0.274. The Balaban J connectivity index is 1.67. The first kappa shape index (κ1) is 25.3. The van der Waals surface area contributed by atoms with Crippen LogP contribution >= 0.6 is 0 Å². The molecule has 0 radical (unpaired) electrons. The van der Waals surface area contributed by atoms with Gasteiger partial charge in [-0.05, 0) is 73.7 Å². The van der Waals surface area contributed by atoms with E-state index in [-0.39, 0.29) is 23.1 Å². The van der Waals surface area contributed by atoms with E-state index in [1.807, 2.05) is 0 Å². The highest BCUT2D eigenvalue weighted by atomic mass is 32.2. The molecule has 1 heterocycles. The van der Waals surface area contributed by atoms with Gasteiger partial charge in [-0.3, -0.25) is 4.79 Å². The molecule has 1 aliphatic heterocycles. The molecule has 2 aliphatic rings. The van der Waals surface area contributed by atoms with Crippen molar-refractivity contribution in [3.05, 3.63) is 47.5 Å². The number of amides is 1. The van der Waals surface area contributed by atoms with E-state index >= 15 is 0 Å². The van der Waals surface area contributed by atoms with Gasteiger partial charge in [-0.25, -0.2) is 13.1 Å². The van der Waals surface area contributed by atoms with Gasteiger partial charge in [0.1, 0.15) is 11.5 Å². The van der Waals surface area contributed by atoms with Gasteiger partial charge < -0.3 is 14.8 Å². The van der Waals surface area contributed by atoms with Gasteiger partial charge in [0.05, 0.1) is 17.4 Å². The first-order valence-corrected chi connectivity index (χ1v) is 12.8. The minimum atomic E-state index is -4.87. The van der Waals surface area contributed by atoms with Crippen LogP contribution in [0.25, 0.3) is 0 Å². The number of methoxy groups -OCH3 is 1. The molecule has 1 saturated carbocycles. The summed E-state index contributed by atoms with van der Waals surface area (Å²) in [6.45, 7) is 1.62. The number of sulfonamides is 1. The van der Waals surface area contributed by atoms with Gasteiger partial charge in [0.15, 0.2) is 0 Å². The van der Waals surface area contributed by atoms with Crippen molar-refractivity contribution in [1.29, 1.82) is 0 Å². The molecule has 1 unspecified atom stereocenters. The number of rotatable bonds is 7. The summed E-state index contributed by atoms with van der Waals surface area (Å²) in [5.41, 5.74) is -0.0436. The van der Waals surface area contributed by atoms with Crippen LogP contribution in [0.5, 0.6) is 11.5 Å². The molecule has 0 bridgehead atoms. The zero-order valence-electron chi connectivity index (χ0n) is 19.4. The molecule has 7 nitrogen and oxygen atoms in total. The second-order valence-corrected chi connectivity index (χ2v) is 10.9. The van der Waals surface area contributed by atoms with Crippen molar-refractivity contribution in [3.8, 4) is 11.5 Å². The molecule has 2 aromatic rings. The normalized spacial score (nSPS) is 20.9. The Hall–Kier alpha value is -2.79. The number of carbonyl (C=O) groups excluding carboxylic acids is 1. The topological polar surface area (TPSA) is 93.7 Å². The fourth-order valence-electron chi connectivity index (χ4n) is 4.79. The summed E-state index contributed by atoms with van der Waals surface area (Å²) in [5, 5.41) is 2.75. The molecule has 4 rings (SSSR count). The van der Waals surface area contributed by atoms with Crippen molar-refractivity contribution >= 4 is 21.6 Å². The fraction of sp³-hybridized carbons (Fsp3) is 0.458. The smallest absolute Gasteiger partial charge is 0.496 e. The Bertz CT molecular complexity index is 1230. The van der Waals surface area contributed by atoms with Crippen molar-refractivity contribution in [2.75, 3.05) is 12.4 Å². The maximum Gasteiger partial charge on any atom is 0.573 e. The number of fused-ring (bicyclic) bond motifs is 1. The lowest BCUT2D eigenvalue weighted by Crippen LogP contribution is -2.36. The minimum Gasteiger partial charge on any atom is -0.496 e. The van der Waals surface area contributed by atoms with E-state index in [1.165, 1.54) is 37.4 Å². The highest BCUT2D eigenvalue weighted by molar-refractivity contribution is 7.89. The highest BCUT2D eigenvalue weighted by Crippen LogP contribution is 2.43. The van der Waals surface area contributed by atoms with E-state index in [0.717, 1.165) is 38.2 Å². The number of benzene rings is 2. The second kappa shape index (κ2) is 9.34. The fourth-order valence-corrected chi connectivity index (χ4v) is 6.12. The number of ether oxygens (including phenoxy) is 2. The number of anilines is 1. The predicted molar refractivity (Wildman–Crippen MR) is 123 cm³/mol. The van der Waals surface area contributed by atoms with Crippen LogP contribution in [0, 0.1) is 0 Å². The summed E-state index contributed by atoms with van der Waals surface area (Å²) in [6, 6.07) is 7.94. The lowest BCUT2D eigenvalue weighted by Gasteiger charge is -2.25. The van der Waals surface area contributed by atoms with E-state index in [0.29, 0.717) is 16.8 Å². The largest absolute Gasteiger partial charge is 0.573 e. The minimum absolute atomic E-state index is 0.0330. The summed E-state index contributed by atoms with van der Waals surface area (Å²) in [7, 11) is -2.45. The van der Waals surface area contributed by atoms with E-state index in [9.17, 15) is 26.4 Å². The zero-order chi connectivity index (χ0) is 25.4. The molecule has 0 aromatic heterocycles. The second-order valence-electron chi connectivity index (χ2n) is 9.15. The third-order valence-corrected chi connectivity index (χ3v) is 8.12. The standard InChI is InChI=1S/C24H27F3N2O5S/c1-23(14-15-12-17(34-24(25,26)27)8-11-21(15)33-2)19-13-18(9-10-20(19)28-22(23)30)35(31,32)29-16-6-4-3-5-7-16/h8-13,16,29H,3-7,14H2,1-2H3,(H,28,30). The number of hydrogen-bond acceptors (Lipinski definition) is 5. The Kier molecular flexibility index (Phi) is 6.76. The van der Waals surface area contributed by atoms with Crippen molar-refractivity contribution in [2.24, 2.45) is 0 Å². The Morgan fingerprint density at radius 2 is 1.83 bits per heavy atom. The molecule has 11 heteroatoms. The van der Waals surface area contributed by atoms with Crippen LogP contribution in [0.2, 0.25) is 0 Å². The summed E-state index contributed by atoms with van der Waals surface area (Å²) < 4.78 is 76.4. The van der Waals surface area contributed by atoms with E-state index < -0.39 is 33.5 Å². The molecule has 1 atom stereocenters. The summed E-state index contributed by atoms with van der Waals surface area (Å²) >= 11 is 0. The van der Waals surface area contributed by atoms with Gasteiger partial charge in [0.2, 0.25) is 15.9 Å². The first-order chi connectivity index (χ1) is 16.4. The first-order valence-electron chi connectivity index (χ1n) is 11.3. The van der Waals surface area contributed by atoms with Crippen molar-refractivity contribution in [1.82, 2.24) is 4.72 Å². The van der Waals surface area contributed by atoms with Crippen LogP contribution < -0.4 is 19.5 Å². The molecule has 2 N–H and O–H groups in total. The van der Waals surface area contributed by atoms with Crippen LogP contribution in [0.4, 0.5) is 18.9 Å². The van der Waals surface area contributed by atoms with Gasteiger partial charge in [-0.15, -0.1) is 13.2 Å². The molecule has 1 fully saturated rings. The van der Waals surface area contributed by atoms with Gasteiger partial charge in [-0.2, -0.15) is 0 Å². The third kappa shape index (κ3) is 5.40. The molecular formula is C24H27F3N2O5S. The number of nitrogens with one attached hydrogen (secondary N) is 2. The van der Waals surface area contributed by atoms with Gasteiger partial charge >= 0.3 is 6.36 Å². The Morgan fingerprint density at radius 3 is 2.49 bits per heavy atom. The van der Waals surface area contributed by atoms with Crippen LogP contribution in [-0.4, -0.2) is 33.8 Å². The molecule has 35 heavy (non-hydrogen) atoms. The number of alkyl halides is 3. The van der Waals surface area contributed by atoms with Crippen LogP contribution in [0.3, 0.4) is 0 Å². The number of hydrogen-bond donors (Lipinski definition) is 2. The van der Waals surface area contributed by atoms with Crippen LogP contribution in [0.1, 0.15) is 50.2 Å². The van der Waals surface area contributed by atoms with Gasteiger partial charge in [0.25, 0.3) is 0 Å². The Labute approximate surface area is 202 Å². The molecule has 2 aromatic carbocycles. The molecular weight excluding hydrogens is 485 g/mol. The predicted octanol–water partition coefficient (Wildman–Crippen LogP) is 4.66. The average Bonchev–Trinajstić information content (AvgIpc) is 3.02. The van der Waals surface area contributed by atoms with Crippen molar-refractivity contribution in [3.63, 3.8) is 0 Å². The molecule has 0 spiro atoms. The molecule has 1 aliphatic carbocycles. The number of carbonyl (C=O) groups is 1. The van der Waals surface area contributed by atoms with Crippen LogP contribution in [0.15, 0.2) is 41.3 Å². The maximum absolute atomic E-state index is 13.1. The average molecular weight is 513 g/mol. The monoisotopic (exact) mass is 512 g/mol. The maximum atomic E-state index is 13.1. The molecule has 0 saturated heterocycles. The third-order valence-electron chi connectivity index (χ3n) is 6.60. The summed E-state index contributed by atoms with van der Waals surface area (Å²) in [5.74, 6) is -0.556. The Morgan fingerprint density at radius 1 is 1.11 bits per heavy atom. The van der Waals surface area contributed by atoms with Gasteiger partial charge in [0, 0.05) is 11.7 Å².